The topological polar surface area (TPSA) is 66.8 Å². The third-order valence-electron chi connectivity index (χ3n) is 4.14. The largest absolute Gasteiger partial charge is 0.342 e. The van der Waals surface area contributed by atoms with Crippen LogP contribution >= 0.6 is 23.4 Å². The first kappa shape index (κ1) is 17.8. The number of sulfone groups is 1. The second-order valence-corrected chi connectivity index (χ2v) is 10.2. The fourth-order valence-electron chi connectivity index (χ4n) is 2.83. The van der Waals surface area contributed by atoms with E-state index in [1.165, 1.54) is 11.8 Å². The molecule has 24 heavy (non-hydrogen) atoms. The minimum atomic E-state index is -3.03. The Balaban J connectivity index is 1.89. The van der Waals surface area contributed by atoms with Crippen LogP contribution in [0.5, 0.6) is 0 Å². The Bertz CT molecular complexity index is 775. The van der Waals surface area contributed by atoms with Crippen molar-refractivity contribution >= 4 is 44.3 Å². The molecular weight excluding hydrogens is 368 g/mol. The van der Waals surface area contributed by atoms with E-state index in [1.807, 2.05) is 17.0 Å². The van der Waals surface area contributed by atoms with Crippen LogP contribution in [0.25, 0.3) is 0 Å². The summed E-state index contributed by atoms with van der Waals surface area (Å²) in [6.45, 7) is 4.13. The minimum absolute atomic E-state index is 0.0546. The van der Waals surface area contributed by atoms with E-state index in [1.54, 1.807) is 26.0 Å². The van der Waals surface area contributed by atoms with Gasteiger partial charge in [-0.2, -0.15) is 4.99 Å². The van der Waals surface area contributed by atoms with Gasteiger partial charge in [-0.1, -0.05) is 49.3 Å². The Morgan fingerprint density at radius 3 is 2.62 bits per heavy atom. The van der Waals surface area contributed by atoms with Crippen molar-refractivity contribution in [1.82, 2.24) is 4.90 Å². The first-order valence-electron chi connectivity index (χ1n) is 7.76. The van der Waals surface area contributed by atoms with Gasteiger partial charge in [-0.3, -0.25) is 4.79 Å². The van der Waals surface area contributed by atoms with Crippen LogP contribution in [0.2, 0.25) is 5.02 Å². The molecule has 1 aromatic rings. The van der Waals surface area contributed by atoms with E-state index >= 15 is 0 Å². The Kier molecular flexibility index (Phi) is 4.95. The van der Waals surface area contributed by atoms with Crippen molar-refractivity contribution in [2.75, 3.05) is 11.5 Å². The molecule has 3 rings (SSSR count). The number of amidine groups is 1. The normalized spacial score (nSPS) is 27.0. The smallest absolute Gasteiger partial charge is 0.250 e. The molecule has 5 nitrogen and oxygen atoms in total. The van der Waals surface area contributed by atoms with Gasteiger partial charge in [0.1, 0.15) is 0 Å². The average molecular weight is 387 g/mol. The number of amides is 1. The summed E-state index contributed by atoms with van der Waals surface area (Å²) in [4.78, 5) is 18.2. The molecule has 8 heteroatoms. The van der Waals surface area contributed by atoms with Crippen molar-refractivity contribution in [3.05, 3.63) is 34.9 Å². The molecule has 2 heterocycles. The van der Waals surface area contributed by atoms with Gasteiger partial charge in [0.2, 0.25) is 0 Å². The molecule has 130 valence electrons. The standard InChI is InChI=1S/C16H19ClN2O3S2/c1-10(2)15(20)18-16-19(7-11-3-5-12(17)6-4-11)13-8-24(21,22)9-14(13)23-16/h3-6,10,13-14H,7-9H2,1-2H3/t13-,14-/m1/s1. The lowest BCUT2D eigenvalue weighted by Crippen LogP contribution is -2.37. The SMILES string of the molecule is CC(C)C(=O)N=C1S[C@@H]2CS(=O)(=O)C[C@H]2N1Cc1ccc(Cl)cc1. The number of thioether (sulfide) groups is 1. The number of hydrogen-bond donors (Lipinski definition) is 0. The van der Waals surface area contributed by atoms with E-state index in [9.17, 15) is 13.2 Å². The van der Waals surface area contributed by atoms with E-state index in [2.05, 4.69) is 4.99 Å². The van der Waals surface area contributed by atoms with Crippen LogP contribution in [0.3, 0.4) is 0 Å². The number of aliphatic imine (C=N–C) groups is 1. The fourth-order valence-corrected chi connectivity index (χ4v) is 6.91. The lowest BCUT2D eigenvalue weighted by molar-refractivity contribution is -0.120. The zero-order valence-corrected chi connectivity index (χ0v) is 15.9. The predicted molar refractivity (Wildman–Crippen MR) is 98.1 cm³/mol. The average Bonchev–Trinajstić information content (AvgIpc) is 2.94. The quantitative estimate of drug-likeness (QED) is 0.798. The van der Waals surface area contributed by atoms with Crippen molar-refractivity contribution in [3.63, 3.8) is 0 Å². The van der Waals surface area contributed by atoms with Gasteiger partial charge in [0, 0.05) is 22.7 Å². The molecule has 2 atom stereocenters. The van der Waals surface area contributed by atoms with Crippen LogP contribution in [0.1, 0.15) is 19.4 Å². The van der Waals surface area contributed by atoms with E-state index < -0.39 is 9.84 Å². The molecule has 0 aliphatic carbocycles. The molecule has 0 spiro atoms. The fraction of sp³-hybridized carbons (Fsp3) is 0.500. The third-order valence-corrected chi connectivity index (χ3v) is 7.64. The van der Waals surface area contributed by atoms with E-state index in [0.29, 0.717) is 16.7 Å². The Labute approximate surface area is 151 Å². The number of carbonyl (C=O) groups is 1. The zero-order chi connectivity index (χ0) is 17.5. The van der Waals surface area contributed by atoms with Crippen LogP contribution < -0.4 is 0 Å². The van der Waals surface area contributed by atoms with Crippen molar-refractivity contribution in [3.8, 4) is 0 Å². The molecule has 0 bridgehead atoms. The monoisotopic (exact) mass is 386 g/mol. The van der Waals surface area contributed by atoms with Gasteiger partial charge in [0.15, 0.2) is 15.0 Å². The molecule has 0 saturated carbocycles. The summed E-state index contributed by atoms with van der Waals surface area (Å²) in [6.07, 6.45) is 0. The Morgan fingerprint density at radius 2 is 2.00 bits per heavy atom. The highest BCUT2D eigenvalue weighted by molar-refractivity contribution is 8.15. The van der Waals surface area contributed by atoms with Crippen LogP contribution in [0.4, 0.5) is 0 Å². The summed E-state index contributed by atoms with van der Waals surface area (Å²) in [5.74, 6) is -0.0947. The number of carbonyl (C=O) groups excluding carboxylic acids is 1. The Morgan fingerprint density at radius 1 is 1.33 bits per heavy atom. The molecular formula is C16H19ClN2O3S2. The van der Waals surface area contributed by atoms with Crippen molar-refractivity contribution in [1.29, 1.82) is 0 Å². The van der Waals surface area contributed by atoms with Crippen LogP contribution in [-0.2, 0) is 21.2 Å². The molecule has 1 aromatic carbocycles. The number of fused-ring (bicyclic) bond motifs is 1. The van der Waals surface area contributed by atoms with Gasteiger partial charge in [-0.05, 0) is 17.7 Å². The number of rotatable bonds is 3. The number of halogens is 1. The molecule has 0 aromatic heterocycles. The maximum Gasteiger partial charge on any atom is 0.250 e. The molecule has 2 saturated heterocycles. The van der Waals surface area contributed by atoms with Crippen LogP contribution in [-0.4, -0.2) is 47.2 Å². The number of hydrogen-bond acceptors (Lipinski definition) is 4. The van der Waals surface area contributed by atoms with Gasteiger partial charge in [0.25, 0.3) is 5.91 Å². The molecule has 2 aliphatic heterocycles. The van der Waals surface area contributed by atoms with E-state index in [-0.39, 0.29) is 34.6 Å². The van der Waals surface area contributed by atoms with Crippen molar-refractivity contribution in [2.45, 2.75) is 31.7 Å². The first-order chi connectivity index (χ1) is 11.2. The van der Waals surface area contributed by atoms with E-state index in [0.717, 1.165) is 5.56 Å². The van der Waals surface area contributed by atoms with Gasteiger partial charge in [-0.25, -0.2) is 8.42 Å². The van der Waals surface area contributed by atoms with Gasteiger partial charge in [0.05, 0.1) is 17.5 Å². The van der Waals surface area contributed by atoms with Crippen LogP contribution in [0.15, 0.2) is 29.3 Å². The molecule has 2 fully saturated rings. The summed E-state index contributed by atoms with van der Waals surface area (Å²) < 4.78 is 23.9. The lowest BCUT2D eigenvalue weighted by Gasteiger charge is -2.24. The van der Waals surface area contributed by atoms with E-state index in [4.69, 9.17) is 11.6 Å². The third kappa shape index (κ3) is 3.78. The predicted octanol–water partition coefficient (Wildman–Crippen LogP) is 2.59. The summed E-state index contributed by atoms with van der Waals surface area (Å²) in [5, 5.41) is 1.23. The van der Waals surface area contributed by atoms with Gasteiger partial charge >= 0.3 is 0 Å². The van der Waals surface area contributed by atoms with Crippen LogP contribution in [0, 0.1) is 5.92 Å². The van der Waals surface area contributed by atoms with Crippen molar-refractivity contribution < 1.29 is 13.2 Å². The molecule has 0 radical (unpaired) electrons. The zero-order valence-electron chi connectivity index (χ0n) is 13.5. The minimum Gasteiger partial charge on any atom is -0.342 e. The molecule has 0 unspecified atom stereocenters. The number of benzene rings is 1. The maximum atomic E-state index is 12.0. The highest BCUT2D eigenvalue weighted by Crippen LogP contribution is 2.39. The van der Waals surface area contributed by atoms with Gasteiger partial charge < -0.3 is 4.90 Å². The second kappa shape index (κ2) is 6.69. The highest BCUT2D eigenvalue weighted by atomic mass is 35.5. The second-order valence-electron chi connectivity index (χ2n) is 6.44. The summed E-state index contributed by atoms with van der Waals surface area (Å²) >= 11 is 7.33. The Hall–Kier alpha value is -1.05. The summed E-state index contributed by atoms with van der Waals surface area (Å²) in [7, 11) is -3.03. The lowest BCUT2D eigenvalue weighted by atomic mass is 10.1. The summed E-state index contributed by atoms with van der Waals surface area (Å²) in [5.41, 5.74) is 1.01. The summed E-state index contributed by atoms with van der Waals surface area (Å²) in [6, 6.07) is 7.30. The van der Waals surface area contributed by atoms with Gasteiger partial charge in [-0.15, -0.1) is 0 Å². The first-order valence-corrected chi connectivity index (χ1v) is 10.8. The maximum absolute atomic E-state index is 12.0. The number of nitrogens with zero attached hydrogens (tertiary/aromatic N) is 2. The van der Waals surface area contributed by atoms with Crippen molar-refractivity contribution in [2.24, 2.45) is 10.9 Å². The molecule has 1 amide bonds. The molecule has 0 N–H and O–H groups in total. The molecule has 2 aliphatic rings. The highest BCUT2D eigenvalue weighted by Gasteiger charge is 2.48.